The molecule has 0 saturated carbocycles. The Balaban J connectivity index is 2.54. The number of amides is 1. The van der Waals surface area contributed by atoms with Crippen molar-refractivity contribution in [2.24, 2.45) is 0 Å². The molecule has 0 aliphatic carbocycles. The third-order valence-corrected chi connectivity index (χ3v) is 2.41. The van der Waals surface area contributed by atoms with Gasteiger partial charge >= 0.3 is 0 Å². The van der Waals surface area contributed by atoms with Crippen LogP contribution in [-0.4, -0.2) is 35.1 Å². The highest BCUT2D eigenvalue weighted by atomic mass is 16.3. The van der Waals surface area contributed by atoms with E-state index in [2.05, 4.69) is 0 Å². The van der Waals surface area contributed by atoms with Gasteiger partial charge in [-0.15, -0.1) is 0 Å². The number of carbonyl (C=O) groups excluding carboxylic acids is 1. The maximum Gasteiger partial charge on any atom is 0.222 e. The summed E-state index contributed by atoms with van der Waals surface area (Å²) in [5.41, 5.74) is 0. The standard InChI is InChI=1S/C8H15NO2/c1-3-7(10)6-4-5-8(11)9(6)2/h6-7,10H,3-5H2,1-2H3. The van der Waals surface area contributed by atoms with Crippen LogP contribution in [0.3, 0.4) is 0 Å². The SMILES string of the molecule is CCC(O)C1CCC(=O)N1C. The summed E-state index contributed by atoms with van der Waals surface area (Å²) in [7, 11) is 1.76. The summed E-state index contributed by atoms with van der Waals surface area (Å²) in [6.45, 7) is 1.93. The Hall–Kier alpha value is -0.570. The molecule has 0 aromatic heterocycles. The molecular formula is C8H15NO2. The van der Waals surface area contributed by atoms with Crippen LogP contribution in [0.1, 0.15) is 26.2 Å². The Labute approximate surface area is 67.0 Å². The van der Waals surface area contributed by atoms with Crippen molar-refractivity contribution >= 4 is 5.91 Å². The van der Waals surface area contributed by atoms with Gasteiger partial charge in [0.25, 0.3) is 0 Å². The van der Waals surface area contributed by atoms with Crippen LogP contribution in [0.2, 0.25) is 0 Å². The minimum absolute atomic E-state index is 0.0625. The predicted molar refractivity (Wildman–Crippen MR) is 42.1 cm³/mol. The maximum atomic E-state index is 11.0. The van der Waals surface area contributed by atoms with E-state index in [1.54, 1.807) is 11.9 Å². The van der Waals surface area contributed by atoms with E-state index in [9.17, 15) is 9.90 Å². The lowest BCUT2D eigenvalue weighted by molar-refractivity contribution is -0.128. The van der Waals surface area contributed by atoms with E-state index in [0.717, 1.165) is 12.8 Å². The van der Waals surface area contributed by atoms with Crippen LogP contribution < -0.4 is 0 Å². The van der Waals surface area contributed by atoms with Crippen LogP contribution in [0.15, 0.2) is 0 Å². The zero-order chi connectivity index (χ0) is 8.43. The summed E-state index contributed by atoms with van der Waals surface area (Å²) in [5, 5.41) is 9.45. The van der Waals surface area contributed by atoms with Crippen molar-refractivity contribution in [2.75, 3.05) is 7.05 Å². The van der Waals surface area contributed by atoms with Crippen LogP contribution in [0, 0.1) is 0 Å². The molecule has 1 rings (SSSR count). The van der Waals surface area contributed by atoms with Crippen LogP contribution in [0.5, 0.6) is 0 Å². The lowest BCUT2D eigenvalue weighted by Gasteiger charge is -2.23. The molecule has 1 fully saturated rings. The number of likely N-dealkylation sites (tertiary alicyclic amines) is 1. The Morgan fingerprint density at radius 1 is 1.82 bits per heavy atom. The molecule has 2 atom stereocenters. The molecule has 11 heavy (non-hydrogen) atoms. The number of carbonyl (C=O) groups is 1. The van der Waals surface area contributed by atoms with Gasteiger partial charge in [-0.05, 0) is 12.8 Å². The van der Waals surface area contributed by atoms with E-state index in [0.29, 0.717) is 6.42 Å². The third-order valence-electron chi connectivity index (χ3n) is 2.41. The molecule has 0 bridgehead atoms. The number of aliphatic hydroxyl groups excluding tert-OH is 1. The first-order chi connectivity index (χ1) is 5.16. The third kappa shape index (κ3) is 1.53. The molecule has 64 valence electrons. The predicted octanol–water partition coefficient (Wildman–Crippen LogP) is 0.378. The fraction of sp³-hybridized carbons (Fsp3) is 0.875. The van der Waals surface area contributed by atoms with Crippen LogP contribution in [0.4, 0.5) is 0 Å². The average Bonchev–Trinajstić information content (AvgIpc) is 2.32. The summed E-state index contributed by atoms with van der Waals surface area (Å²) in [4.78, 5) is 12.7. The molecule has 2 unspecified atom stereocenters. The Kier molecular flexibility index (Phi) is 2.49. The number of nitrogens with zero attached hydrogens (tertiary/aromatic N) is 1. The first kappa shape index (κ1) is 8.53. The van der Waals surface area contributed by atoms with Gasteiger partial charge in [-0.1, -0.05) is 6.92 Å². The van der Waals surface area contributed by atoms with E-state index >= 15 is 0 Å². The van der Waals surface area contributed by atoms with E-state index in [4.69, 9.17) is 0 Å². The molecule has 3 nitrogen and oxygen atoms in total. The summed E-state index contributed by atoms with van der Waals surface area (Å²) in [6, 6.07) is 0.0625. The molecule has 1 aliphatic rings. The highest BCUT2D eigenvalue weighted by Gasteiger charge is 2.31. The van der Waals surface area contributed by atoms with Gasteiger partial charge in [0.2, 0.25) is 5.91 Å². The molecule has 0 spiro atoms. The summed E-state index contributed by atoms with van der Waals surface area (Å²) in [5.74, 6) is 0.155. The van der Waals surface area contributed by atoms with Gasteiger partial charge in [-0.25, -0.2) is 0 Å². The van der Waals surface area contributed by atoms with Crippen LogP contribution >= 0.6 is 0 Å². The van der Waals surface area contributed by atoms with Crippen LogP contribution in [0.25, 0.3) is 0 Å². The van der Waals surface area contributed by atoms with Crippen molar-refractivity contribution in [3.63, 3.8) is 0 Å². The van der Waals surface area contributed by atoms with Crippen molar-refractivity contribution in [1.29, 1.82) is 0 Å². The quantitative estimate of drug-likeness (QED) is 0.629. The van der Waals surface area contributed by atoms with Crippen LogP contribution in [-0.2, 0) is 4.79 Å². The Morgan fingerprint density at radius 3 is 2.82 bits per heavy atom. The van der Waals surface area contributed by atoms with Gasteiger partial charge in [0.05, 0.1) is 12.1 Å². The molecule has 1 amide bonds. The van der Waals surface area contributed by atoms with E-state index < -0.39 is 0 Å². The first-order valence-corrected chi connectivity index (χ1v) is 4.10. The molecule has 1 aliphatic heterocycles. The summed E-state index contributed by atoms with van der Waals surface area (Å²) < 4.78 is 0. The van der Waals surface area contributed by atoms with Gasteiger partial charge in [-0.3, -0.25) is 4.79 Å². The number of likely N-dealkylation sites (N-methyl/N-ethyl adjacent to an activating group) is 1. The molecule has 0 aromatic rings. The Morgan fingerprint density at radius 2 is 2.45 bits per heavy atom. The highest BCUT2D eigenvalue weighted by molar-refractivity contribution is 5.78. The van der Waals surface area contributed by atoms with Crippen molar-refractivity contribution in [3.8, 4) is 0 Å². The largest absolute Gasteiger partial charge is 0.391 e. The van der Waals surface area contributed by atoms with Crippen molar-refractivity contribution in [1.82, 2.24) is 4.90 Å². The molecule has 1 saturated heterocycles. The second kappa shape index (κ2) is 3.22. The van der Waals surface area contributed by atoms with E-state index in [1.165, 1.54) is 0 Å². The second-order valence-electron chi connectivity index (χ2n) is 3.09. The smallest absolute Gasteiger partial charge is 0.222 e. The van der Waals surface area contributed by atoms with E-state index in [-0.39, 0.29) is 18.1 Å². The molecule has 1 N–H and O–H groups in total. The van der Waals surface area contributed by atoms with Gasteiger partial charge in [0.1, 0.15) is 0 Å². The number of aliphatic hydroxyl groups is 1. The van der Waals surface area contributed by atoms with Gasteiger partial charge < -0.3 is 10.0 Å². The minimum atomic E-state index is -0.341. The zero-order valence-corrected chi connectivity index (χ0v) is 7.08. The fourth-order valence-corrected chi connectivity index (χ4v) is 1.55. The number of hydrogen-bond donors (Lipinski definition) is 1. The summed E-state index contributed by atoms with van der Waals surface area (Å²) >= 11 is 0. The topological polar surface area (TPSA) is 40.5 Å². The molecule has 0 aromatic carbocycles. The highest BCUT2D eigenvalue weighted by Crippen LogP contribution is 2.20. The average molecular weight is 157 g/mol. The second-order valence-corrected chi connectivity index (χ2v) is 3.09. The first-order valence-electron chi connectivity index (χ1n) is 4.10. The maximum absolute atomic E-state index is 11.0. The van der Waals surface area contributed by atoms with E-state index in [1.807, 2.05) is 6.92 Å². The number of hydrogen-bond acceptors (Lipinski definition) is 2. The number of rotatable bonds is 2. The molecule has 0 radical (unpaired) electrons. The molecule has 3 heteroatoms. The molecular weight excluding hydrogens is 142 g/mol. The zero-order valence-electron chi connectivity index (χ0n) is 7.08. The fourth-order valence-electron chi connectivity index (χ4n) is 1.55. The van der Waals surface area contributed by atoms with Crippen molar-refractivity contribution < 1.29 is 9.90 Å². The van der Waals surface area contributed by atoms with Gasteiger partial charge in [0.15, 0.2) is 0 Å². The lowest BCUT2D eigenvalue weighted by atomic mass is 10.1. The van der Waals surface area contributed by atoms with Gasteiger partial charge in [-0.2, -0.15) is 0 Å². The normalized spacial score (nSPS) is 27.7. The Bertz CT molecular complexity index is 158. The monoisotopic (exact) mass is 157 g/mol. The van der Waals surface area contributed by atoms with Gasteiger partial charge in [0, 0.05) is 13.5 Å². The summed E-state index contributed by atoms with van der Waals surface area (Å²) in [6.07, 6.45) is 1.79. The molecule has 1 heterocycles. The lowest BCUT2D eigenvalue weighted by Crippen LogP contribution is -2.37. The van der Waals surface area contributed by atoms with Crippen molar-refractivity contribution in [2.45, 2.75) is 38.3 Å². The minimum Gasteiger partial charge on any atom is -0.391 e. The van der Waals surface area contributed by atoms with Crippen molar-refractivity contribution in [3.05, 3.63) is 0 Å².